The third kappa shape index (κ3) is 4.14. The van der Waals surface area contributed by atoms with Gasteiger partial charge in [0.2, 0.25) is 15.9 Å². The van der Waals surface area contributed by atoms with E-state index in [2.05, 4.69) is 19.7 Å². The SMILES string of the molecule is CC(C)[C@H](NS(=O)(=O)c1ccccc1F)C(=O)Nc1ccon1. The number of rotatable bonds is 6. The van der Waals surface area contributed by atoms with Crippen LogP contribution in [-0.4, -0.2) is 25.5 Å². The summed E-state index contributed by atoms with van der Waals surface area (Å²) in [4.78, 5) is 11.7. The van der Waals surface area contributed by atoms with Crippen molar-refractivity contribution in [2.75, 3.05) is 5.32 Å². The number of nitrogens with one attached hydrogen (secondary N) is 2. The van der Waals surface area contributed by atoms with E-state index in [-0.39, 0.29) is 11.7 Å². The Balaban J connectivity index is 2.22. The molecule has 1 aromatic heterocycles. The van der Waals surface area contributed by atoms with Crippen molar-refractivity contribution >= 4 is 21.7 Å². The van der Waals surface area contributed by atoms with Crippen molar-refractivity contribution in [3.63, 3.8) is 0 Å². The lowest BCUT2D eigenvalue weighted by Gasteiger charge is -2.21. The molecule has 1 amide bonds. The standard InChI is InChI=1S/C14H16FN3O4S/c1-9(2)13(14(19)16-12-7-8-22-17-12)18-23(20,21)11-6-4-3-5-10(11)15/h3-9,13,18H,1-2H3,(H,16,17,19)/t13-/m0/s1. The molecule has 0 bridgehead atoms. The Bertz CT molecular complexity index is 775. The summed E-state index contributed by atoms with van der Waals surface area (Å²) < 4.78 is 45.1. The molecule has 2 rings (SSSR count). The zero-order valence-electron chi connectivity index (χ0n) is 12.5. The van der Waals surface area contributed by atoms with Gasteiger partial charge in [-0.1, -0.05) is 31.1 Å². The molecule has 9 heteroatoms. The maximum atomic E-state index is 13.7. The van der Waals surface area contributed by atoms with E-state index in [0.717, 1.165) is 12.1 Å². The van der Waals surface area contributed by atoms with Crippen molar-refractivity contribution in [1.82, 2.24) is 9.88 Å². The Morgan fingerprint density at radius 1 is 1.26 bits per heavy atom. The monoisotopic (exact) mass is 341 g/mol. The van der Waals surface area contributed by atoms with Crippen LogP contribution in [0.25, 0.3) is 0 Å². The van der Waals surface area contributed by atoms with Gasteiger partial charge in [-0.15, -0.1) is 0 Å². The van der Waals surface area contributed by atoms with Crippen molar-refractivity contribution in [1.29, 1.82) is 0 Å². The van der Waals surface area contributed by atoms with E-state index in [9.17, 15) is 17.6 Å². The molecule has 0 saturated heterocycles. The average molecular weight is 341 g/mol. The lowest BCUT2D eigenvalue weighted by Crippen LogP contribution is -2.47. The first kappa shape index (κ1) is 17.1. The molecule has 1 atom stereocenters. The van der Waals surface area contributed by atoms with E-state index >= 15 is 0 Å². The Kier molecular flexibility index (Phi) is 5.12. The molecule has 0 unspecified atom stereocenters. The molecule has 0 spiro atoms. The second kappa shape index (κ2) is 6.88. The Morgan fingerprint density at radius 2 is 1.96 bits per heavy atom. The highest BCUT2D eigenvalue weighted by atomic mass is 32.2. The number of aromatic nitrogens is 1. The second-order valence-corrected chi connectivity index (χ2v) is 6.83. The lowest BCUT2D eigenvalue weighted by atomic mass is 10.1. The maximum absolute atomic E-state index is 13.7. The van der Waals surface area contributed by atoms with Crippen LogP contribution in [0.1, 0.15) is 13.8 Å². The molecule has 124 valence electrons. The van der Waals surface area contributed by atoms with Gasteiger partial charge in [0.05, 0.1) is 0 Å². The van der Waals surface area contributed by atoms with Gasteiger partial charge in [-0.05, 0) is 18.1 Å². The summed E-state index contributed by atoms with van der Waals surface area (Å²) in [7, 11) is -4.19. The zero-order valence-corrected chi connectivity index (χ0v) is 13.3. The number of halogens is 1. The highest BCUT2D eigenvalue weighted by molar-refractivity contribution is 7.89. The van der Waals surface area contributed by atoms with Crippen molar-refractivity contribution in [2.24, 2.45) is 5.92 Å². The number of nitrogens with zero attached hydrogens (tertiary/aromatic N) is 1. The molecule has 23 heavy (non-hydrogen) atoms. The second-order valence-electron chi connectivity index (χ2n) is 5.15. The van der Waals surface area contributed by atoms with Crippen LogP contribution in [0.5, 0.6) is 0 Å². The van der Waals surface area contributed by atoms with Gasteiger partial charge >= 0.3 is 0 Å². The van der Waals surface area contributed by atoms with Gasteiger partial charge in [-0.2, -0.15) is 4.72 Å². The van der Waals surface area contributed by atoms with Gasteiger partial charge in [0, 0.05) is 6.07 Å². The third-order valence-corrected chi connectivity index (χ3v) is 4.52. The lowest BCUT2D eigenvalue weighted by molar-refractivity contribution is -0.118. The minimum Gasteiger partial charge on any atom is -0.363 e. The molecule has 0 aliphatic heterocycles. The predicted molar refractivity (Wildman–Crippen MR) is 80.5 cm³/mol. The van der Waals surface area contributed by atoms with Gasteiger partial charge in [0.1, 0.15) is 23.0 Å². The van der Waals surface area contributed by atoms with Crippen LogP contribution in [0.2, 0.25) is 0 Å². The highest BCUT2D eigenvalue weighted by Gasteiger charge is 2.30. The summed E-state index contributed by atoms with van der Waals surface area (Å²) in [5, 5.41) is 5.95. The number of benzene rings is 1. The summed E-state index contributed by atoms with van der Waals surface area (Å²) in [6.45, 7) is 3.33. The topological polar surface area (TPSA) is 101 Å². The van der Waals surface area contributed by atoms with E-state index in [1.807, 2.05) is 0 Å². The van der Waals surface area contributed by atoms with Crippen molar-refractivity contribution < 1.29 is 22.1 Å². The largest absolute Gasteiger partial charge is 0.363 e. The first-order valence-corrected chi connectivity index (χ1v) is 8.27. The first-order chi connectivity index (χ1) is 10.8. The van der Waals surface area contributed by atoms with E-state index in [1.165, 1.54) is 24.5 Å². The van der Waals surface area contributed by atoms with Crippen LogP contribution in [-0.2, 0) is 14.8 Å². The molecular weight excluding hydrogens is 325 g/mol. The molecule has 7 nitrogen and oxygen atoms in total. The number of anilines is 1. The maximum Gasteiger partial charge on any atom is 0.244 e. The van der Waals surface area contributed by atoms with Crippen LogP contribution < -0.4 is 10.0 Å². The number of hydrogen-bond acceptors (Lipinski definition) is 5. The minimum atomic E-state index is -4.19. The van der Waals surface area contributed by atoms with Crippen molar-refractivity contribution in [2.45, 2.75) is 24.8 Å². The van der Waals surface area contributed by atoms with Crippen LogP contribution in [0, 0.1) is 11.7 Å². The van der Waals surface area contributed by atoms with E-state index < -0.39 is 32.7 Å². The van der Waals surface area contributed by atoms with Crippen LogP contribution in [0.15, 0.2) is 46.0 Å². The highest BCUT2D eigenvalue weighted by Crippen LogP contribution is 2.16. The summed E-state index contributed by atoms with van der Waals surface area (Å²) in [5.41, 5.74) is 0. The molecule has 2 N–H and O–H groups in total. The molecule has 1 heterocycles. The number of sulfonamides is 1. The molecule has 0 saturated carbocycles. The zero-order chi connectivity index (χ0) is 17.0. The third-order valence-electron chi connectivity index (χ3n) is 3.05. The minimum absolute atomic E-state index is 0.158. The van der Waals surface area contributed by atoms with Gasteiger partial charge in [0.15, 0.2) is 5.82 Å². The van der Waals surface area contributed by atoms with E-state index in [0.29, 0.717) is 0 Å². The Labute approximate surface area is 132 Å². The molecule has 2 aromatic rings. The Morgan fingerprint density at radius 3 is 2.52 bits per heavy atom. The number of hydrogen-bond donors (Lipinski definition) is 2. The molecule has 1 aromatic carbocycles. The first-order valence-electron chi connectivity index (χ1n) is 6.79. The molecule has 0 aliphatic rings. The molecule has 0 fully saturated rings. The number of amides is 1. The normalized spacial score (nSPS) is 13.0. The average Bonchev–Trinajstić information content (AvgIpc) is 2.97. The van der Waals surface area contributed by atoms with Crippen molar-refractivity contribution in [3.05, 3.63) is 42.4 Å². The fraction of sp³-hybridized carbons (Fsp3) is 0.286. The predicted octanol–water partition coefficient (Wildman–Crippen LogP) is 1.76. The summed E-state index contributed by atoms with van der Waals surface area (Å²) in [6, 6.07) is 5.26. The fourth-order valence-corrected chi connectivity index (χ4v) is 3.29. The van der Waals surface area contributed by atoms with Crippen LogP contribution in [0.3, 0.4) is 0 Å². The Hall–Kier alpha value is -2.26. The van der Waals surface area contributed by atoms with Gasteiger partial charge in [-0.25, -0.2) is 12.8 Å². The smallest absolute Gasteiger partial charge is 0.244 e. The number of carbonyl (C=O) groups is 1. The quantitative estimate of drug-likeness (QED) is 0.833. The van der Waals surface area contributed by atoms with Crippen molar-refractivity contribution in [3.8, 4) is 0 Å². The molecular formula is C14H16FN3O4S. The van der Waals surface area contributed by atoms with Gasteiger partial charge in [-0.3, -0.25) is 4.79 Å². The van der Waals surface area contributed by atoms with Gasteiger partial charge in [0.25, 0.3) is 0 Å². The van der Waals surface area contributed by atoms with Crippen LogP contribution >= 0.6 is 0 Å². The number of carbonyl (C=O) groups excluding carboxylic acids is 1. The van der Waals surface area contributed by atoms with Gasteiger partial charge < -0.3 is 9.84 Å². The summed E-state index contributed by atoms with van der Waals surface area (Å²) in [5.74, 6) is -1.72. The summed E-state index contributed by atoms with van der Waals surface area (Å²) >= 11 is 0. The fourth-order valence-electron chi connectivity index (χ4n) is 1.87. The molecule has 0 aliphatic carbocycles. The van der Waals surface area contributed by atoms with Crippen LogP contribution in [0.4, 0.5) is 10.2 Å². The van der Waals surface area contributed by atoms with E-state index in [4.69, 9.17) is 0 Å². The van der Waals surface area contributed by atoms with E-state index in [1.54, 1.807) is 13.8 Å². The molecule has 0 radical (unpaired) electrons. The summed E-state index contributed by atoms with van der Waals surface area (Å²) in [6.07, 6.45) is 1.27.